The standard InChI is InChI=1S/C32H35NO5/c1-19(2)38-25-16-12-23(13-17-25)33-28(21-9-14-24(37-7)15-10-21)27(30(35)31(33)36)29(34)26-18-22(32(4,5)6)11-8-20(26)3/h8-19,28,34H,1-7H3/b29-27+. The molecule has 0 aromatic heterocycles. The third kappa shape index (κ3) is 5.17. The second-order valence-corrected chi connectivity index (χ2v) is 10.9. The highest BCUT2D eigenvalue weighted by molar-refractivity contribution is 6.51. The Bertz CT molecular complexity index is 1380. The largest absolute Gasteiger partial charge is 0.507 e. The lowest BCUT2D eigenvalue weighted by Crippen LogP contribution is -2.29. The molecule has 1 atom stereocenters. The van der Waals surface area contributed by atoms with Gasteiger partial charge < -0.3 is 14.6 Å². The van der Waals surface area contributed by atoms with Crippen LogP contribution in [0.25, 0.3) is 5.76 Å². The Labute approximate surface area is 224 Å². The van der Waals surface area contributed by atoms with Gasteiger partial charge in [-0.25, -0.2) is 0 Å². The summed E-state index contributed by atoms with van der Waals surface area (Å²) < 4.78 is 11.1. The number of aryl methyl sites for hydroxylation is 1. The number of aliphatic hydroxyl groups is 1. The number of anilines is 1. The first-order chi connectivity index (χ1) is 17.9. The van der Waals surface area contributed by atoms with Crippen LogP contribution in [-0.4, -0.2) is 30.0 Å². The molecule has 0 spiro atoms. The minimum atomic E-state index is -0.824. The molecule has 0 saturated carbocycles. The van der Waals surface area contributed by atoms with E-state index in [1.54, 1.807) is 43.5 Å². The zero-order chi connectivity index (χ0) is 27.8. The molecule has 0 bridgehead atoms. The Balaban J connectivity index is 1.91. The number of carbonyl (C=O) groups is 2. The van der Waals surface area contributed by atoms with Crippen LogP contribution in [0.3, 0.4) is 0 Å². The van der Waals surface area contributed by atoms with Crippen LogP contribution in [0.4, 0.5) is 5.69 Å². The van der Waals surface area contributed by atoms with Crippen LogP contribution in [0.5, 0.6) is 11.5 Å². The average Bonchev–Trinajstić information content (AvgIpc) is 3.13. The highest BCUT2D eigenvalue weighted by Gasteiger charge is 2.47. The van der Waals surface area contributed by atoms with Crippen LogP contribution in [0.15, 0.2) is 72.3 Å². The number of benzene rings is 3. The van der Waals surface area contributed by atoms with Gasteiger partial charge in [-0.3, -0.25) is 14.5 Å². The number of hydrogen-bond donors (Lipinski definition) is 1. The van der Waals surface area contributed by atoms with E-state index in [1.807, 2.05) is 51.1 Å². The lowest BCUT2D eigenvalue weighted by Gasteiger charge is -2.26. The van der Waals surface area contributed by atoms with Crippen molar-refractivity contribution in [1.29, 1.82) is 0 Å². The third-order valence-electron chi connectivity index (χ3n) is 6.72. The predicted molar refractivity (Wildman–Crippen MR) is 150 cm³/mol. The molecule has 6 heteroatoms. The zero-order valence-electron chi connectivity index (χ0n) is 23.0. The summed E-state index contributed by atoms with van der Waals surface area (Å²) in [5.74, 6) is -0.304. The molecule has 1 aliphatic rings. The van der Waals surface area contributed by atoms with E-state index in [4.69, 9.17) is 9.47 Å². The van der Waals surface area contributed by atoms with Crippen molar-refractivity contribution in [2.45, 2.75) is 59.1 Å². The van der Waals surface area contributed by atoms with E-state index < -0.39 is 17.7 Å². The summed E-state index contributed by atoms with van der Waals surface area (Å²) in [4.78, 5) is 28.5. The minimum Gasteiger partial charge on any atom is -0.507 e. The molecule has 6 nitrogen and oxygen atoms in total. The van der Waals surface area contributed by atoms with Gasteiger partial charge >= 0.3 is 0 Å². The third-order valence-corrected chi connectivity index (χ3v) is 6.72. The molecule has 1 fully saturated rings. The summed E-state index contributed by atoms with van der Waals surface area (Å²) >= 11 is 0. The van der Waals surface area contributed by atoms with Gasteiger partial charge in [-0.1, -0.05) is 45.0 Å². The number of ketones is 1. The van der Waals surface area contributed by atoms with Gasteiger partial charge in [-0.2, -0.15) is 0 Å². The summed E-state index contributed by atoms with van der Waals surface area (Å²) in [6.45, 7) is 12.0. The smallest absolute Gasteiger partial charge is 0.300 e. The van der Waals surface area contributed by atoms with Crippen LogP contribution < -0.4 is 14.4 Å². The average molecular weight is 514 g/mol. The summed E-state index contributed by atoms with van der Waals surface area (Å²) in [6.07, 6.45) is 0.00137. The van der Waals surface area contributed by atoms with E-state index in [0.29, 0.717) is 28.3 Å². The van der Waals surface area contributed by atoms with Gasteiger partial charge in [0.25, 0.3) is 11.7 Å². The molecule has 1 heterocycles. The molecule has 1 aliphatic heterocycles. The Morgan fingerprint density at radius 3 is 2.08 bits per heavy atom. The van der Waals surface area contributed by atoms with Gasteiger partial charge in [0.2, 0.25) is 0 Å². The van der Waals surface area contributed by atoms with E-state index >= 15 is 0 Å². The molecule has 198 valence electrons. The molecular weight excluding hydrogens is 478 g/mol. The van der Waals surface area contributed by atoms with Crippen LogP contribution in [0.2, 0.25) is 0 Å². The number of ether oxygens (including phenoxy) is 2. The number of Topliss-reactive ketones (excluding diaryl/α,β-unsaturated/α-hetero) is 1. The maximum absolute atomic E-state index is 13.6. The topological polar surface area (TPSA) is 76.1 Å². The Morgan fingerprint density at radius 2 is 1.53 bits per heavy atom. The zero-order valence-corrected chi connectivity index (χ0v) is 23.0. The molecular formula is C32H35NO5. The number of amides is 1. The van der Waals surface area contributed by atoms with Crippen molar-refractivity contribution in [1.82, 2.24) is 0 Å². The fraction of sp³-hybridized carbons (Fsp3) is 0.312. The van der Waals surface area contributed by atoms with E-state index in [2.05, 4.69) is 20.8 Å². The Morgan fingerprint density at radius 1 is 0.921 bits per heavy atom. The van der Waals surface area contributed by atoms with Crippen molar-refractivity contribution in [2.24, 2.45) is 0 Å². The molecule has 4 rings (SSSR count). The quantitative estimate of drug-likeness (QED) is 0.225. The fourth-order valence-corrected chi connectivity index (χ4v) is 4.65. The van der Waals surface area contributed by atoms with Crippen molar-refractivity contribution >= 4 is 23.1 Å². The number of carbonyl (C=O) groups excluding carboxylic acids is 2. The van der Waals surface area contributed by atoms with Gasteiger partial charge in [0.05, 0.1) is 24.8 Å². The Kier molecular flexibility index (Phi) is 7.36. The first-order valence-corrected chi connectivity index (χ1v) is 12.8. The number of rotatable bonds is 6. The molecule has 1 N–H and O–H groups in total. The SMILES string of the molecule is COc1ccc(C2/C(=C(\O)c3cc(C(C)(C)C)ccc3C)C(=O)C(=O)N2c2ccc(OC(C)C)cc2)cc1. The van der Waals surface area contributed by atoms with Crippen LogP contribution in [-0.2, 0) is 15.0 Å². The second-order valence-electron chi connectivity index (χ2n) is 10.9. The van der Waals surface area contributed by atoms with Crippen molar-refractivity contribution in [2.75, 3.05) is 12.0 Å². The van der Waals surface area contributed by atoms with Crippen molar-refractivity contribution < 1.29 is 24.2 Å². The fourth-order valence-electron chi connectivity index (χ4n) is 4.65. The lowest BCUT2D eigenvalue weighted by atomic mass is 9.84. The normalized spacial score (nSPS) is 17.3. The molecule has 0 radical (unpaired) electrons. The number of methoxy groups -OCH3 is 1. The molecule has 1 unspecified atom stereocenters. The predicted octanol–water partition coefficient (Wildman–Crippen LogP) is 6.71. The molecule has 3 aromatic carbocycles. The monoisotopic (exact) mass is 513 g/mol. The van der Waals surface area contributed by atoms with E-state index in [9.17, 15) is 14.7 Å². The summed E-state index contributed by atoms with van der Waals surface area (Å²) in [5, 5.41) is 11.7. The number of aliphatic hydroxyl groups excluding tert-OH is 1. The number of hydrogen-bond acceptors (Lipinski definition) is 5. The highest BCUT2D eigenvalue weighted by atomic mass is 16.5. The molecule has 3 aromatic rings. The second kappa shape index (κ2) is 10.4. The van der Waals surface area contributed by atoms with E-state index in [0.717, 1.165) is 11.1 Å². The lowest BCUT2D eigenvalue weighted by molar-refractivity contribution is -0.132. The highest BCUT2D eigenvalue weighted by Crippen LogP contribution is 2.43. The van der Waals surface area contributed by atoms with Gasteiger partial charge in [0, 0.05) is 11.3 Å². The van der Waals surface area contributed by atoms with Crippen LogP contribution in [0.1, 0.15) is 62.9 Å². The first-order valence-electron chi connectivity index (χ1n) is 12.8. The maximum Gasteiger partial charge on any atom is 0.300 e. The van der Waals surface area contributed by atoms with Crippen molar-refractivity contribution in [3.63, 3.8) is 0 Å². The summed E-state index contributed by atoms with van der Waals surface area (Å²) in [7, 11) is 1.58. The van der Waals surface area contributed by atoms with Crippen LogP contribution in [0, 0.1) is 6.92 Å². The summed E-state index contributed by atoms with van der Waals surface area (Å²) in [6, 6.07) is 19.3. The summed E-state index contributed by atoms with van der Waals surface area (Å²) in [5.41, 5.74) is 3.46. The van der Waals surface area contributed by atoms with Gasteiger partial charge in [0.1, 0.15) is 17.3 Å². The maximum atomic E-state index is 13.6. The van der Waals surface area contributed by atoms with Crippen molar-refractivity contribution in [3.8, 4) is 11.5 Å². The molecule has 1 amide bonds. The van der Waals surface area contributed by atoms with Crippen molar-refractivity contribution in [3.05, 3.63) is 94.6 Å². The van der Waals surface area contributed by atoms with E-state index in [-0.39, 0.29) is 22.9 Å². The number of nitrogens with zero attached hydrogens (tertiary/aromatic N) is 1. The Hall–Kier alpha value is -4.06. The molecule has 1 saturated heterocycles. The molecule has 38 heavy (non-hydrogen) atoms. The van der Waals surface area contributed by atoms with Gasteiger partial charge in [-0.05, 0) is 85.3 Å². The van der Waals surface area contributed by atoms with Crippen LogP contribution >= 0.6 is 0 Å². The molecule has 0 aliphatic carbocycles. The first kappa shape index (κ1) is 27.0. The van der Waals surface area contributed by atoms with Gasteiger partial charge in [-0.15, -0.1) is 0 Å². The van der Waals surface area contributed by atoms with Gasteiger partial charge in [0.15, 0.2) is 0 Å². The minimum absolute atomic E-state index is 0.00137. The van der Waals surface area contributed by atoms with E-state index in [1.165, 1.54) is 4.90 Å².